The van der Waals surface area contributed by atoms with Crippen LogP contribution in [0.15, 0.2) is 17.3 Å². The van der Waals surface area contributed by atoms with Crippen LogP contribution in [0.2, 0.25) is 0 Å². The first-order valence-corrected chi connectivity index (χ1v) is 6.05. The van der Waals surface area contributed by atoms with Crippen molar-refractivity contribution in [3.8, 4) is 0 Å². The summed E-state index contributed by atoms with van der Waals surface area (Å²) in [6.45, 7) is 6.26. The molecule has 0 aromatic heterocycles. The third kappa shape index (κ3) is 3.82. The summed E-state index contributed by atoms with van der Waals surface area (Å²) in [6.07, 6.45) is 0. The number of carbonyl (C=O) groups is 1. The Kier molecular flexibility index (Phi) is 4.75. The molecule has 7 heteroatoms. The number of hydrogen-bond acceptors (Lipinski definition) is 4. The number of thioether (sulfide) groups is 1. The summed E-state index contributed by atoms with van der Waals surface area (Å²) in [5, 5.41) is 8.02. The Morgan fingerprint density at radius 2 is 2.44 bits per heavy atom. The van der Waals surface area contributed by atoms with Crippen LogP contribution in [0.4, 0.5) is 0 Å². The lowest BCUT2D eigenvalue weighted by Gasteiger charge is -2.10. The van der Waals surface area contributed by atoms with Gasteiger partial charge in [-0.2, -0.15) is 0 Å². The van der Waals surface area contributed by atoms with E-state index in [2.05, 4.69) is 22.4 Å². The summed E-state index contributed by atoms with van der Waals surface area (Å²) < 4.78 is 0. The van der Waals surface area contributed by atoms with Gasteiger partial charge in [0, 0.05) is 13.6 Å². The maximum absolute atomic E-state index is 11.2. The quantitative estimate of drug-likeness (QED) is 0.439. The Labute approximate surface area is 104 Å². The third-order valence-electron chi connectivity index (χ3n) is 1.79. The predicted molar refractivity (Wildman–Crippen MR) is 71.2 cm³/mol. The topological polar surface area (TPSA) is 56.7 Å². The minimum absolute atomic E-state index is 0.0476. The Morgan fingerprint density at radius 1 is 1.75 bits per heavy atom. The Bertz CT molecular complexity index is 353. The molecule has 0 saturated carbocycles. The molecule has 1 amide bonds. The van der Waals surface area contributed by atoms with E-state index < -0.39 is 0 Å². The van der Waals surface area contributed by atoms with E-state index >= 15 is 0 Å². The van der Waals surface area contributed by atoms with Gasteiger partial charge in [-0.15, -0.1) is 5.10 Å². The summed E-state index contributed by atoms with van der Waals surface area (Å²) in [5.74, 6) is 0.481. The second kappa shape index (κ2) is 5.86. The van der Waals surface area contributed by atoms with Crippen LogP contribution in [-0.2, 0) is 4.79 Å². The highest BCUT2D eigenvalue weighted by molar-refractivity contribution is 8.15. The predicted octanol–water partition coefficient (Wildman–Crippen LogP) is 0.503. The van der Waals surface area contributed by atoms with Gasteiger partial charge in [-0.05, 0) is 19.1 Å². The highest BCUT2D eigenvalue weighted by Gasteiger charge is 2.24. The van der Waals surface area contributed by atoms with Crippen molar-refractivity contribution in [2.45, 2.75) is 6.92 Å². The van der Waals surface area contributed by atoms with Crippen molar-refractivity contribution in [2.75, 3.05) is 19.3 Å². The van der Waals surface area contributed by atoms with Crippen LogP contribution in [0.3, 0.4) is 0 Å². The van der Waals surface area contributed by atoms with Crippen LogP contribution in [0.5, 0.6) is 0 Å². The first-order valence-electron chi connectivity index (χ1n) is 4.66. The standard InChI is InChI=1S/C9H14N4OS2/c1-6(2)4-10-8(15)11-12-9-13(3)7(14)5-16-9/h1,4-5H2,2-3H3,(H2,10,11,15). The van der Waals surface area contributed by atoms with E-state index in [1.807, 2.05) is 6.92 Å². The van der Waals surface area contributed by atoms with Crippen LogP contribution >= 0.6 is 24.0 Å². The Hall–Kier alpha value is -1.08. The zero-order valence-corrected chi connectivity index (χ0v) is 10.9. The summed E-state index contributed by atoms with van der Waals surface area (Å²) >= 11 is 6.38. The molecule has 1 aliphatic rings. The lowest BCUT2D eigenvalue weighted by atomic mass is 10.4. The number of amides is 1. The first kappa shape index (κ1) is 13.0. The lowest BCUT2D eigenvalue weighted by molar-refractivity contribution is -0.123. The molecular formula is C9H14N4OS2. The first-order chi connectivity index (χ1) is 7.50. The Balaban J connectivity index is 2.38. The second-order valence-electron chi connectivity index (χ2n) is 3.39. The summed E-state index contributed by atoms with van der Waals surface area (Å²) in [4.78, 5) is 12.7. The van der Waals surface area contributed by atoms with Crippen LogP contribution in [0.25, 0.3) is 0 Å². The van der Waals surface area contributed by atoms with E-state index in [4.69, 9.17) is 12.2 Å². The molecule has 5 nitrogen and oxygen atoms in total. The van der Waals surface area contributed by atoms with E-state index in [0.29, 0.717) is 22.6 Å². The molecule has 0 bridgehead atoms. The normalized spacial score (nSPS) is 17.8. The molecule has 1 rings (SSSR count). The molecular weight excluding hydrogens is 244 g/mol. The fraction of sp³-hybridized carbons (Fsp3) is 0.444. The molecule has 0 spiro atoms. The van der Waals surface area contributed by atoms with Gasteiger partial charge in [-0.3, -0.25) is 15.1 Å². The highest BCUT2D eigenvalue weighted by Crippen LogP contribution is 2.16. The average molecular weight is 258 g/mol. The van der Waals surface area contributed by atoms with E-state index in [1.165, 1.54) is 16.7 Å². The molecule has 0 aliphatic carbocycles. The zero-order valence-electron chi connectivity index (χ0n) is 9.24. The number of amidine groups is 1. The van der Waals surface area contributed by atoms with Crippen molar-refractivity contribution >= 4 is 40.2 Å². The van der Waals surface area contributed by atoms with Crippen LogP contribution in [0.1, 0.15) is 6.92 Å². The maximum Gasteiger partial charge on any atom is 0.238 e. The molecule has 1 saturated heterocycles. The average Bonchev–Trinajstić information content (AvgIpc) is 2.54. The smallest absolute Gasteiger partial charge is 0.238 e. The summed E-state index contributed by atoms with van der Waals surface area (Å²) in [5.41, 5.74) is 3.67. The van der Waals surface area contributed by atoms with E-state index in [-0.39, 0.29) is 5.91 Å². The van der Waals surface area contributed by atoms with Crippen molar-refractivity contribution in [3.05, 3.63) is 12.2 Å². The van der Waals surface area contributed by atoms with Crippen molar-refractivity contribution in [1.82, 2.24) is 15.6 Å². The van der Waals surface area contributed by atoms with Gasteiger partial charge >= 0.3 is 0 Å². The van der Waals surface area contributed by atoms with Crippen molar-refractivity contribution in [2.24, 2.45) is 5.10 Å². The van der Waals surface area contributed by atoms with Crippen LogP contribution < -0.4 is 10.7 Å². The van der Waals surface area contributed by atoms with Crippen molar-refractivity contribution < 1.29 is 4.79 Å². The minimum atomic E-state index is 0.0476. The number of rotatable bonds is 3. The Morgan fingerprint density at radius 3 is 2.94 bits per heavy atom. The zero-order chi connectivity index (χ0) is 12.1. The van der Waals surface area contributed by atoms with Crippen molar-refractivity contribution in [3.63, 3.8) is 0 Å². The van der Waals surface area contributed by atoms with Gasteiger partial charge in [0.05, 0.1) is 5.75 Å². The van der Waals surface area contributed by atoms with Gasteiger partial charge in [0.1, 0.15) is 0 Å². The van der Waals surface area contributed by atoms with Crippen LogP contribution in [0, 0.1) is 0 Å². The molecule has 16 heavy (non-hydrogen) atoms. The monoisotopic (exact) mass is 258 g/mol. The van der Waals surface area contributed by atoms with Crippen LogP contribution in [-0.4, -0.2) is 40.4 Å². The molecule has 0 aromatic rings. The van der Waals surface area contributed by atoms with E-state index in [9.17, 15) is 4.79 Å². The fourth-order valence-electron chi connectivity index (χ4n) is 0.903. The van der Waals surface area contributed by atoms with Gasteiger partial charge in [0.2, 0.25) is 5.91 Å². The summed E-state index contributed by atoms with van der Waals surface area (Å²) in [6, 6.07) is 0. The molecule has 1 heterocycles. The number of nitrogens with zero attached hydrogens (tertiary/aromatic N) is 2. The molecule has 0 aromatic carbocycles. The largest absolute Gasteiger partial charge is 0.358 e. The minimum Gasteiger partial charge on any atom is -0.358 e. The summed E-state index contributed by atoms with van der Waals surface area (Å²) in [7, 11) is 1.69. The van der Waals surface area contributed by atoms with Gasteiger partial charge in [0.15, 0.2) is 10.3 Å². The molecule has 0 atom stereocenters. The van der Waals surface area contributed by atoms with Gasteiger partial charge in [-0.25, -0.2) is 0 Å². The van der Waals surface area contributed by atoms with Crippen molar-refractivity contribution in [1.29, 1.82) is 0 Å². The molecule has 1 aliphatic heterocycles. The molecule has 0 radical (unpaired) electrons. The lowest BCUT2D eigenvalue weighted by Crippen LogP contribution is -2.35. The van der Waals surface area contributed by atoms with Gasteiger partial charge < -0.3 is 5.32 Å². The second-order valence-corrected chi connectivity index (χ2v) is 4.74. The highest BCUT2D eigenvalue weighted by atomic mass is 32.2. The van der Waals surface area contributed by atoms with Gasteiger partial charge in [0.25, 0.3) is 0 Å². The molecule has 0 unspecified atom stereocenters. The van der Waals surface area contributed by atoms with E-state index in [0.717, 1.165) is 5.57 Å². The van der Waals surface area contributed by atoms with Gasteiger partial charge in [-0.1, -0.05) is 23.9 Å². The number of nitrogens with one attached hydrogen (secondary N) is 2. The maximum atomic E-state index is 11.2. The number of hydrogen-bond donors (Lipinski definition) is 2. The number of carbonyl (C=O) groups excluding carboxylic acids is 1. The van der Waals surface area contributed by atoms with E-state index in [1.54, 1.807) is 7.05 Å². The SMILES string of the molecule is C=C(C)CNC(=S)NN=C1SCC(=O)N1C. The molecule has 88 valence electrons. The fourth-order valence-corrected chi connectivity index (χ4v) is 1.87. The molecule has 1 fully saturated rings. The number of thiocarbonyl (C=S) groups is 1. The molecule has 2 N–H and O–H groups in total. The number of hydrazone groups is 1. The third-order valence-corrected chi connectivity index (χ3v) is 3.04.